The molecule has 0 aromatic carbocycles. The molecule has 6 nitrogen and oxygen atoms in total. The number of thiophene rings is 1. The molecule has 0 radical (unpaired) electrons. The molecule has 2 aromatic heterocycles. The van der Waals surface area contributed by atoms with Gasteiger partial charge in [-0.05, 0) is 30.7 Å². The minimum absolute atomic E-state index is 0.0254. The highest BCUT2D eigenvalue weighted by molar-refractivity contribution is 7.08. The molecule has 0 aliphatic heterocycles. The molecule has 0 spiro atoms. The highest BCUT2D eigenvalue weighted by Gasteiger charge is 2.26. The van der Waals surface area contributed by atoms with Gasteiger partial charge in [0.05, 0.1) is 6.04 Å². The van der Waals surface area contributed by atoms with Crippen LogP contribution in [0.2, 0.25) is 0 Å². The van der Waals surface area contributed by atoms with Crippen molar-refractivity contribution in [1.82, 2.24) is 20.5 Å². The quantitative estimate of drug-likeness (QED) is 0.881. The summed E-state index contributed by atoms with van der Waals surface area (Å²) in [6.07, 6.45) is 4.67. The van der Waals surface area contributed by atoms with Gasteiger partial charge in [-0.15, -0.1) is 10.2 Å². The number of aromatic nitrogens is 3. The van der Waals surface area contributed by atoms with E-state index in [2.05, 4.69) is 20.5 Å². The second kappa shape index (κ2) is 7.04. The van der Waals surface area contributed by atoms with E-state index in [9.17, 15) is 9.59 Å². The lowest BCUT2D eigenvalue weighted by molar-refractivity contribution is -0.125. The van der Waals surface area contributed by atoms with Crippen molar-refractivity contribution in [3.8, 4) is 11.4 Å². The summed E-state index contributed by atoms with van der Waals surface area (Å²) in [4.78, 5) is 27.4. The summed E-state index contributed by atoms with van der Waals surface area (Å²) in [5, 5.41) is 15.0. The Morgan fingerprint density at radius 1 is 1.43 bits per heavy atom. The smallest absolute Gasteiger partial charge is 0.275 e. The van der Waals surface area contributed by atoms with Crippen LogP contribution in [0.1, 0.15) is 50.8 Å². The van der Waals surface area contributed by atoms with Gasteiger partial charge >= 0.3 is 0 Å². The Morgan fingerprint density at radius 3 is 2.83 bits per heavy atom. The van der Waals surface area contributed by atoms with Crippen molar-refractivity contribution in [2.75, 3.05) is 0 Å². The zero-order chi connectivity index (χ0) is 16.2. The molecule has 0 bridgehead atoms. The fourth-order valence-electron chi connectivity index (χ4n) is 2.94. The Bertz CT molecular complexity index is 720. The number of carbonyl (C=O) groups excluding carboxylic acids is 1. The van der Waals surface area contributed by atoms with E-state index in [-0.39, 0.29) is 23.1 Å². The monoisotopic (exact) mass is 332 g/mol. The van der Waals surface area contributed by atoms with Crippen molar-refractivity contribution in [1.29, 1.82) is 0 Å². The molecule has 1 atom stereocenters. The number of nitrogens with zero attached hydrogens (tertiary/aromatic N) is 2. The van der Waals surface area contributed by atoms with Crippen molar-refractivity contribution in [3.63, 3.8) is 0 Å². The third kappa shape index (κ3) is 3.50. The van der Waals surface area contributed by atoms with Crippen LogP contribution in [0.3, 0.4) is 0 Å². The van der Waals surface area contributed by atoms with E-state index >= 15 is 0 Å². The largest absolute Gasteiger partial charge is 0.347 e. The van der Waals surface area contributed by atoms with Gasteiger partial charge in [0.1, 0.15) is 0 Å². The van der Waals surface area contributed by atoms with Crippen molar-refractivity contribution in [3.05, 3.63) is 32.9 Å². The topological polar surface area (TPSA) is 87.7 Å². The summed E-state index contributed by atoms with van der Waals surface area (Å²) in [7, 11) is 0. The third-order valence-corrected chi connectivity index (χ3v) is 4.98. The Hall–Kier alpha value is -2.02. The zero-order valence-electron chi connectivity index (χ0n) is 13.0. The lowest BCUT2D eigenvalue weighted by Gasteiger charge is -2.18. The van der Waals surface area contributed by atoms with E-state index in [1.807, 2.05) is 23.8 Å². The fourth-order valence-corrected chi connectivity index (χ4v) is 3.58. The first-order chi connectivity index (χ1) is 11.2. The molecule has 1 saturated carbocycles. The maximum atomic E-state index is 12.3. The Labute approximate surface area is 138 Å². The molecule has 23 heavy (non-hydrogen) atoms. The van der Waals surface area contributed by atoms with Gasteiger partial charge in [-0.2, -0.15) is 11.3 Å². The minimum atomic E-state index is -0.393. The molecule has 1 aliphatic carbocycles. The highest BCUT2D eigenvalue weighted by atomic mass is 32.1. The number of rotatable bonds is 5. The average molecular weight is 332 g/mol. The molecular weight excluding hydrogens is 312 g/mol. The van der Waals surface area contributed by atoms with Gasteiger partial charge in [-0.3, -0.25) is 9.59 Å². The van der Waals surface area contributed by atoms with Crippen LogP contribution in [0.25, 0.3) is 11.4 Å². The lowest BCUT2D eigenvalue weighted by atomic mass is 10.1. The van der Waals surface area contributed by atoms with E-state index in [0.29, 0.717) is 12.2 Å². The Morgan fingerprint density at radius 2 is 2.22 bits per heavy atom. The van der Waals surface area contributed by atoms with Gasteiger partial charge in [0.15, 0.2) is 11.5 Å². The van der Waals surface area contributed by atoms with Crippen molar-refractivity contribution in [2.45, 2.75) is 45.1 Å². The normalized spacial score (nSPS) is 16.4. The van der Waals surface area contributed by atoms with Crippen LogP contribution in [-0.2, 0) is 4.79 Å². The molecule has 2 heterocycles. The van der Waals surface area contributed by atoms with Gasteiger partial charge in [0.2, 0.25) is 5.91 Å². The van der Waals surface area contributed by atoms with Crippen molar-refractivity contribution >= 4 is 17.2 Å². The van der Waals surface area contributed by atoms with E-state index in [0.717, 1.165) is 31.2 Å². The molecule has 7 heteroatoms. The number of hydrogen-bond acceptors (Lipinski definition) is 5. The number of aromatic amines is 1. The first-order valence-corrected chi connectivity index (χ1v) is 8.93. The summed E-state index contributed by atoms with van der Waals surface area (Å²) in [6, 6.07) is 1.49. The Kier molecular flexibility index (Phi) is 4.85. The molecular formula is C16H20N4O2S. The number of amides is 1. The van der Waals surface area contributed by atoms with Crippen LogP contribution in [-0.4, -0.2) is 21.1 Å². The van der Waals surface area contributed by atoms with E-state index in [4.69, 9.17) is 0 Å². The molecule has 0 saturated heterocycles. The molecule has 3 rings (SSSR count). The lowest BCUT2D eigenvalue weighted by Crippen LogP contribution is -2.36. The Balaban J connectivity index is 1.78. The number of hydrogen-bond donors (Lipinski definition) is 2. The molecule has 122 valence electrons. The third-order valence-electron chi connectivity index (χ3n) is 4.30. The van der Waals surface area contributed by atoms with Crippen LogP contribution in [0.4, 0.5) is 0 Å². The van der Waals surface area contributed by atoms with Crippen LogP contribution in [0.15, 0.2) is 21.6 Å². The molecule has 1 unspecified atom stereocenters. The van der Waals surface area contributed by atoms with E-state index in [1.165, 1.54) is 11.3 Å². The second-order valence-corrected chi connectivity index (χ2v) is 6.63. The number of carbonyl (C=O) groups is 1. The minimum Gasteiger partial charge on any atom is -0.347 e. The molecule has 1 amide bonds. The summed E-state index contributed by atoms with van der Waals surface area (Å²) in [5.41, 5.74) is 0.826. The molecule has 1 fully saturated rings. The first kappa shape index (κ1) is 15.9. The van der Waals surface area contributed by atoms with Gasteiger partial charge < -0.3 is 10.3 Å². The fraction of sp³-hybridized carbons (Fsp3) is 0.500. The summed E-state index contributed by atoms with van der Waals surface area (Å²) < 4.78 is 0. The van der Waals surface area contributed by atoms with Crippen molar-refractivity contribution in [2.24, 2.45) is 5.92 Å². The van der Waals surface area contributed by atoms with Crippen LogP contribution >= 0.6 is 11.3 Å². The summed E-state index contributed by atoms with van der Waals surface area (Å²) in [6.45, 7) is 1.92. The molecule has 2 N–H and O–H groups in total. The summed E-state index contributed by atoms with van der Waals surface area (Å²) >= 11 is 1.53. The number of H-pyrrole nitrogens is 1. The van der Waals surface area contributed by atoms with Crippen LogP contribution in [0, 0.1) is 5.92 Å². The van der Waals surface area contributed by atoms with Gasteiger partial charge in [0, 0.05) is 16.9 Å². The van der Waals surface area contributed by atoms with Gasteiger partial charge in [-0.25, -0.2) is 0 Å². The maximum absolute atomic E-state index is 12.3. The predicted octanol–water partition coefficient (Wildman–Crippen LogP) is 2.65. The SMILES string of the molecule is CCC(NC(=O)C1CCCC1)c1nnc(-c2ccsc2)[nH]c1=O. The van der Waals surface area contributed by atoms with Crippen LogP contribution in [0.5, 0.6) is 0 Å². The molecule has 1 aliphatic rings. The maximum Gasteiger partial charge on any atom is 0.275 e. The average Bonchev–Trinajstić information content (AvgIpc) is 3.25. The van der Waals surface area contributed by atoms with E-state index in [1.54, 1.807) is 0 Å². The molecule has 2 aromatic rings. The zero-order valence-corrected chi connectivity index (χ0v) is 13.9. The standard InChI is InChI=1S/C16H20N4O2S/c1-2-12(17-15(21)10-5-3-4-6-10)13-16(22)18-14(20-19-13)11-7-8-23-9-11/h7-10,12H,2-6H2,1H3,(H,17,21)(H,18,20,22). The van der Waals surface area contributed by atoms with Crippen molar-refractivity contribution < 1.29 is 4.79 Å². The highest BCUT2D eigenvalue weighted by Crippen LogP contribution is 2.25. The predicted molar refractivity (Wildman–Crippen MR) is 89.1 cm³/mol. The second-order valence-electron chi connectivity index (χ2n) is 5.85. The number of nitrogens with one attached hydrogen (secondary N) is 2. The summed E-state index contributed by atoms with van der Waals surface area (Å²) in [5.74, 6) is 0.551. The van der Waals surface area contributed by atoms with Gasteiger partial charge in [-0.1, -0.05) is 19.8 Å². The first-order valence-electron chi connectivity index (χ1n) is 7.99. The van der Waals surface area contributed by atoms with Crippen LogP contribution < -0.4 is 10.9 Å². The van der Waals surface area contributed by atoms with Gasteiger partial charge in [0.25, 0.3) is 5.56 Å². The van der Waals surface area contributed by atoms with E-state index < -0.39 is 6.04 Å².